The highest BCUT2D eigenvalue weighted by Crippen LogP contribution is 2.22. The van der Waals surface area contributed by atoms with Crippen LogP contribution in [0.1, 0.15) is 12.8 Å². The molecule has 0 unspecified atom stereocenters. The molecule has 1 aliphatic rings. The van der Waals surface area contributed by atoms with E-state index < -0.39 is 16.7 Å². The molecule has 5 heteroatoms. The summed E-state index contributed by atoms with van der Waals surface area (Å²) in [7, 11) is -2.61. The Bertz CT molecular complexity index is 138. The molecule has 1 N–H and O–H groups in total. The Morgan fingerprint density at radius 1 is 1.50 bits per heavy atom. The Hall–Kier alpha value is -0.450. The summed E-state index contributed by atoms with van der Waals surface area (Å²) in [5.74, 6) is 0. The second-order valence-corrected chi connectivity index (χ2v) is 1.88. The van der Waals surface area contributed by atoms with Gasteiger partial charge in [0.15, 0.2) is 0 Å². The molecule has 0 aliphatic heterocycles. The van der Waals surface area contributed by atoms with Crippen LogP contribution in [0, 0.1) is 4.78 Å². The maximum atomic E-state index is 11.1. The van der Waals surface area contributed by atoms with Crippen molar-refractivity contribution in [2.45, 2.75) is 19.0 Å². The fourth-order valence-corrected chi connectivity index (χ4v) is 0.0630. The first-order valence-corrected chi connectivity index (χ1v) is 3.15. The molecule has 0 aromatic rings. The molecular formula is C3H6FNO2S. The Kier molecular flexibility index (Phi) is 3.34. The van der Waals surface area contributed by atoms with E-state index in [4.69, 9.17) is 13.2 Å². The molecule has 1 rings (SSSR count). The standard InChI is InChI=1S/C3H5F.HNO2S/c4-3-1-2-3;1-4(2)3/h3H,1-2H2;1H. The predicted molar refractivity (Wildman–Crippen MR) is 25.8 cm³/mol. The Labute approximate surface area is 48.0 Å². The third-order valence-corrected chi connectivity index (χ3v) is 0.507. The maximum absolute atomic E-state index is 11.1. The van der Waals surface area contributed by atoms with Crippen molar-refractivity contribution >= 4 is 10.5 Å². The van der Waals surface area contributed by atoms with E-state index in [9.17, 15) is 4.39 Å². The Balaban J connectivity index is 0.000000122. The lowest BCUT2D eigenvalue weighted by Gasteiger charge is -1.50. The summed E-state index contributed by atoms with van der Waals surface area (Å²) < 4.78 is 33.9. The lowest BCUT2D eigenvalue weighted by Crippen LogP contribution is -1.49. The van der Waals surface area contributed by atoms with Crippen LogP contribution >= 0.6 is 0 Å². The number of hydrogen-bond acceptors (Lipinski definition) is 3. The van der Waals surface area contributed by atoms with E-state index in [1.54, 1.807) is 0 Å². The van der Waals surface area contributed by atoms with Gasteiger partial charge in [-0.25, -0.2) is 4.39 Å². The second-order valence-electron chi connectivity index (χ2n) is 1.41. The van der Waals surface area contributed by atoms with Crippen molar-refractivity contribution in [3.63, 3.8) is 0 Å². The van der Waals surface area contributed by atoms with Gasteiger partial charge in [0.05, 0.1) is 0 Å². The quantitative estimate of drug-likeness (QED) is 0.538. The van der Waals surface area contributed by atoms with Gasteiger partial charge in [0, 0.05) is 0 Å². The lowest BCUT2D eigenvalue weighted by atomic mass is 10.9. The third-order valence-electron chi connectivity index (χ3n) is 0.507. The van der Waals surface area contributed by atoms with Crippen LogP contribution in [0.4, 0.5) is 4.39 Å². The molecule has 0 amide bonds. The second kappa shape index (κ2) is 3.54. The molecule has 0 bridgehead atoms. The number of rotatable bonds is 0. The van der Waals surface area contributed by atoms with Crippen molar-refractivity contribution in [2.75, 3.05) is 0 Å². The minimum atomic E-state index is -2.61. The largest absolute Gasteiger partial charge is 0.308 e. The van der Waals surface area contributed by atoms with Crippen molar-refractivity contribution in [3.8, 4) is 0 Å². The van der Waals surface area contributed by atoms with Gasteiger partial charge in [0.25, 0.3) is 0 Å². The fourth-order valence-electron chi connectivity index (χ4n) is 0.0630. The summed E-state index contributed by atoms with van der Waals surface area (Å²) >= 11 is 0. The van der Waals surface area contributed by atoms with Crippen LogP contribution in [0.25, 0.3) is 0 Å². The van der Waals surface area contributed by atoms with Crippen LogP contribution in [-0.4, -0.2) is 14.6 Å². The molecule has 1 fully saturated rings. The van der Waals surface area contributed by atoms with Crippen LogP contribution in [0.2, 0.25) is 0 Å². The first-order chi connectivity index (χ1) is 3.63. The average Bonchev–Trinajstić information content (AvgIpc) is 2.19. The molecule has 1 aliphatic carbocycles. The van der Waals surface area contributed by atoms with Gasteiger partial charge in [0.1, 0.15) is 6.17 Å². The average molecular weight is 139 g/mol. The summed E-state index contributed by atoms with van der Waals surface area (Å²) in [6.45, 7) is 0. The van der Waals surface area contributed by atoms with Gasteiger partial charge in [0.2, 0.25) is 0 Å². The van der Waals surface area contributed by atoms with Crippen molar-refractivity contribution < 1.29 is 12.8 Å². The van der Waals surface area contributed by atoms with Gasteiger partial charge in [-0.1, -0.05) is 0 Å². The van der Waals surface area contributed by atoms with Crippen LogP contribution in [-0.2, 0) is 10.5 Å². The van der Waals surface area contributed by atoms with Crippen LogP contribution < -0.4 is 0 Å². The van der Waals surface area contributed by atoms with E-state index >= 15 is 0 Å². The van der Waals surface area contributed by atoms with Crippen molar-refractivity contribution in [1.29, 1.82) is 4.78 Å². The molecule has 8 heavy (non-hydrogen) atoms. The summed E-state index contributed by atoms with van der Waals surface area (Å²) in [4.78, 5) is 0. The minimum Gasteiger partial charge on any atom is -0.247 e. The summed E-state index contributed by atoms with van der Waals surface area (Å²) in [5.41, 5.74) is 0. The van der Waals surface area contributed by atoms with E-state index in [1.807, 2.05) is 0 Å². The molecule has 48 valence electrons. The van der Waals surface area contributed by atoms with Gasteiger partial charge in [-0.15, -0.1) is 0 Å². The van der Waals surface area contributed by atoms with Crippen LogP contribution in [0.3, 0.4) is 0 Å². The summed E-state index contributed by atoms with van der Waals surface area (Å²) in [5, 5.41) is 0. The normalized spacial score (nSPS) is 16.1. The molecule has 0 aromatic heterocycles. The van der Waals surface area contributed by atoms with Gasteiger partial charge in [-0.3, -0.25) is 0 Å². The van der Waals surface area contributed by atoms with E-state index in [1.165, 1.54) is 0 Å². The van der Waals surface area contributed by atoms with Crippen LogP contribution in [0.15, 0.2) is 0 Å². The SMILES string of the molecule is FC1CC1.N=S(=O)=O. The highest BCUT2D eigenvalue weighted by Gasteiger charge is 2.18. The number of hydrogen-bond donors (Lipinski definition) is 1. The van der Waals surface area contributed by atoms with Gasteiger partial charge in [-0.2, -0.15) is 13.2 Å². The first kappa shape index (κ1) is 7.55. The van der Waals surface area contributed by atoms with Gasteiger partial charge >= 0.3 is 10.5 Å². The van der Waals surface area contributed by atoms with E-state index in [2.05, 4.69) is 0 Å². The number of halogens is 1. The summed E-state index contributed by atoms with van der Waals surface area (Å²) in [6.07, 6.45) is 1.22. The third kappa shape index (κ3) is 17.7. The molecule has 0 heterocycles. The minimum absolute atomic E-state index is 0.417. The van der Waals surface area contributed by atoms with Gasteiger partial charge < -0.3 is 0 Å². The first-order valence-electron chi connectivity index (χ1n) is 2.07. The van der Waals surface area contributed by atoms with Crippen molar-refractivity contribution in [2.24, 2.45) is 0 Å². The summed E-state index contributed by atoms with van der Waals surface area (Å²) in [6, 6.07) is 0. The molecule has 0 spiro atoms. The van der Waals surface area contributed by atoms with Crippen molar-refractivity contribution in [3.05, 3.63) is 0 Å². The van der Waals surface area contributed by atoms with E-state index in [-0.39, 0.29) is 0 Å². The monoisotopic (exact) mass is 139 g/mol. The molecule has 0 aromatic carbocycles. The zero-order valence-electron chi connectivity index (χ0n) is 4.09. The number of nitrogens with one attached hydrogen (secondary N) is 1. The number of alkyl halides is 1. The molecule has 0 radical (unpaired) electrons. The highest BCUT2D eigenvalue weighted by atomic mass is 32.2. The predicted octanol–water partition coefficient (Wildman–Crippen LogP) is 0.746. The zero-order valence-corrected chi connectivity index (χ0v) is 4.91. The Morgan fingerprint density at radius 3 is 1.62 bits per heavy atom. The fraction of sp³-hybridized carbons (Fsp3) is 1.00. The zero-order chi connectivity index (χ0) is 6.57. The molecule has 1 saturated carbocycles. The maximum Gasteiger partial charge on any atom is 0.308 e. The van der Waals surface area contributed by atoms with E-state index in [0.29, 0.717) is 0 Å². The smallest absolute Gasteiger partial charge is 0.247 e. The Morgan fingerprint density at radius 2 is 1.62 bits per heavy atom. The van der Waals surface area contributed by atoms with Crippen LogP contribution in [0.5, 0.6) is 0 Å². The lowest BCUT2D eigenvalue weighted by molar-refractivity contribution is 0.480. The molecule has 3 nitrogen and oxygen atoms in total. The topological polar surface area (TPSA) is 58.0 Å². The molecule has 0 atom stereocenters. The molecule has 0 saturated heterocycles. The van der Waals surface area contributed by atoms with Gasteiger partial charge in [-0.05, 0) is 12.8 Å². The van der Waals surface area contributed by atoms with E-state index in [0.717, 1.165) is 12.8 Å². The van der Waals surface area contributed by atoms with Crippen molar-refractivity contribution in [1.82, 2.24) is 0 Å². The highest BCUT2D eigenvalue weighted by molar-refractivity contribution is 7.60. The molecular weight excluding hydrogens is 133 g/mol.